The number of anilines is 2. The highest BCUT2D eigenvalue weighted by molar-refractivity contribution is 5.87. The number of hydrogen-bond acceptors (Lipinski definition) is 7. The molecule has 0 unspecified atom stereocenters. The zero-order valence-corrected chi connectivity index (χ0v) is 18.2. The molecular weight excluding hydrogens is 429 g/mol. The maximum atomic E-state index is 13.8. The molecule has 0 bridgehead atoms. The van der Waals surface area contributed by atoms with Gasteiger partial charge in [-0.25, -0.2) is 23.8 Å². The van der Waals surface area contributed by atoms with Crippen LogP contribution in [0.25, 0.3) is 22.2 Å². The number of nitrogens with two attached hydrogens (primary N) is 1. The van der Waals surface area contributed by atoms with Crippen molar-refractivity contribution in [3.8, 4) is 0 Å². The Kier molecular flexibility index (Phi) is 3.80. The van der Waals surface area contributed by atoms with Crippen LogP contribution in [-0.4, -0.2) is 46.2 Å². The van der Waals surface area contributed by atoms with Crippen molar-refractivity contribution in [3.63, 3.8) is 0 Å². The van der Waals surface area contributed by atoms with E-state index in [1.165, 1.54) is 15.4 Å². The van der Waals surface area contributed by atoms with E-state index in [-0.39, 0.29) is 30.0 Å². The molecule has 1 fully saturated rings. The number of imidazole rings is 1. The van der Waals surface area contributed by atoms with E-state index in [2.05, 4.69) is 25.6 Å². The van der Waals surface area contributed by atoms with Crippen LogP contribution in [0.15, 0.2) is 23.1 Å². The van der Waals surface area contributed by atoms with E-state index in [0.29, 0.717) is 28.2 Å². The molecule has 12 heteroatoms. The van der Waals surface area contributed by atoms with Gasteiger partial charge in [-0.05, 0) is 32.4 Å². The van der Waals surface area contributed by atoms with Gasteiger partial charge in [0.05, 0.1) is 17.2 Å². The summed E-state index contributed by atoms with van der Waals surface area (Å²) in [6.07, 6.45) is -0.0648. The Morgan fingerprint density at radius 1 is 1.33 bits per heavy atom. The summed E-state index contributed by atoms with van der Waals surface area (Å²) >= 11 is 0. The zero-order chi connectivity index (χ0) is 26.2. The first kappa shape index (κ1) is 17.7. The molecule has 11 nitrogen and oxygen atoms in total. The van der Waals surface area contributed by atoms with Crippen LogP contribution in [0.4, 0.5) is 16.0 Å². The summed E-state index contributed by atoms with van der Waals surface area (Å²) in [6.45, 7) is 2.68. The molecule has 3 N–H and O–H groups in total. The predicted octanol–water partition coefficient (Wildman–Crippen LogP) is 1.82. The third-order valence-electron chi connectivity index (χ3n) is 6.11. The van der Waals surface area contributed by atoms with Gasteiger partial charge in [0.1, 0.15) is 23.3 Å². The molecule has 33 heavy (non-hydrogen) atoms. The monoisotopic (exact) mass is 456 g/mol. The van der Waals surface area contributed by atoms with Crippen LogP contribution in [0.2, 0.25) is 0 Å². The van der Waals surface area contributed by atoms with Crippen molar-refractivity contribution in [2.75, 3.05) is 5.32 Å². The van der Waals surface area contributed by atoms with Gasteiger partial charge in [-0.2, -0.15) is 0 Å². The maximum absolute atomic E-state index is 13.8. The first-order chi connectivity index (χ1) is 16.8. The molecule has 1 aliphatic carbocycles. The second-order valence-electron chi connectivity index (χ2n) is 8.66. The highest BCUT2D eigenvalue weighted by Crippen LogP contribution is 2.42. The highest BCUT2D eigenvalue weighted by atomic mass is 19.1. The van der Waals surface area contributed by atoms with E-state index in [9.17, 15) is 14.0 Å². The minimum Gasteiger partial charge on any atom is -0.368 e. The summed E-state index contributed by atoms with van der Waals surface area (Å²) in [6, 6.07) is 2.97. The van der Waals surface area contributed by atoms with E-state index in [4.69, 9.17) is 9.85 Å². The Labute approximate surface area is 191 Å². The van der Waals surface area contributed by atoms with E-state index in [1.54, 1.807) is 32.9 Å². The number of halogens is 1. The quantitative estimate of drug-likeness (QED) is 0.467. The number of fused-ring (bicyclic) bond motifs is 2. The summed E-state index contributed by atoms with van der Waals surface area (Å²) in [5.41, 5.74) is 5.56. The molecule has 4 aromatic rings. The number of carbonyl (C=O) groups is 1. The molecule has 0 spiro atoms. The summed E-state index contributed by atoms with van der Waals surface area (Å²) < 4.78 is 40.5. The topological polar surface area (TPSA) is 139 Å². The number of pyridine rings is 2. The predicted molar refractivity (Wildman–Crippen MR) is 120 cm³/mol. The average Bonchev–Trinajstić information content (AvgIpc) is 3.29. The van der Waals surface area contributed by atoms with Gasteiger partial charge in [0.25, 0.3) is 0 Å². The number of rotatable bonds is 5. The molecule has 0 atom stereocenters. The molecule has 1 saturated carbocycles. The van der Waals surface area contributed by atoms with Crippen LogP contribution in [-0.2, 0) is 17.3 Å². The molecule has 4 heterocycles. The van der Waals surface area contributed by atoms with Gasteiger partial charge < -0.3 is 11.1 Å². The minimum absolute atomic E-state index is 0.107. The molecular formula is C21H24FN9O2. The summed E-state index contributed by atoms with van der Waals surface area (Å²) in [7, 11) is 0. The van der Waals surface area contributed by atoms with Crippen LogP contribution >= 0.6 is 0 Å². The van der Waals surface area contributed by atoms with Crippen molar-refractivity contribution in [3.05, 3.63) is 34.4 Å². The van der Waals surface area contributed by atoms with Crippen LogP contribution in [0.5, 0.6) is 0 Å². The van der Waals surface area contributed by atoms with E-state index in [0.717, 1.165) is 4.57 Å². The number of aryl methyl sites for hydroxylation is 2. The highest BCUT2D eigenvalue weighted by Gasteiger charge is 2.53. The minimum atomic E-state index is -2.67. The molecule has 0 saturated heterocycles. The third-order valence-corrected chi connectivity index (χ3v) is 6.11. The first-order valence-corrected chi connectivity index (χ1v) is 10.4. The molecule has 5 rings (SSSR count). The summed E-state index contributed by atoms with van der Waals surface area (Å²) in [5, 5.41) is 11.2. The van der Waals surface area contributed by atoms with Gasteiger partial charge in [-0.3, -0.25) is 13.9 Å². The van der Waals surface area contributed by atoms with Crippen molar-refractivity contribution < 1.29 is 13.3 Å². The van der Waals surface area contributed by atoms with Crippen LogP contribution in [0.1, 0.15) is 42.4 Å². The fourth-order valence-electron chi connectivity index (χ4n) is 4.37. The van der Waals surface area contributed by atoms with Gasteiger partial charge in [-0.1, -0.05) is 5.21 Å². The summed E-state index contributed by atoms with van der Waals surface area (Å²) in [4.78, 5) is 33.9. The van der Waals surface area contributed by atoms with Crippen molar-refractivity contribution in [2.24, 2.45) is 12.7 Å². The largest absolute Gasteiger partial charge is 0.368 e. The lowest BCUT2D eigenvalue weighted by molar-refractivity contribution is -0.135. The Balaban J connectivity index is 1.60. The van der Waals surface area contributed by atoms with Gasteiger partial charge in [0, 0.05) is 36.0 Å². The first-order valence-electron chi connectivity index (χ1n) is 11.9. The Morgan fingerprint density at radius 3 is 2.73 bits per heavy atom. The smallest absolute Gasteiger partial charge is 0.329 e. The number of aromatic nitrogens is 7. The lowest BCUT2D eigenvalue weighted by Gasteiger charge is -2.40. The number of alkyl halides is 1. The van der Waals surface area contributed by atoms with Gasteiger partial charge in [0.2, 0.25) is 5.91 Å². The van der Waals surface area contributed by atoms with Crippen LogP contribution < -0.4 is 16.7 Å². The number of carbonyl (C=O) groups excluding carboxylic acids is 1. The van der Waals surface area contributed by atoms with E-state index in [1.807, 2.05) is 0 Å². The Morgan fingerprint density at radius 2 is 2.09 bits per heavy atom. The van der Waals surface area contributed by atoms with Gasteiger partial charge >= 0.3 is 5.69 Å². The van der Waals surface area contributed by atoms with Gasteiger partial charge in [-0.15, -0.1) is 5.10 Å². The third kappa shape index (κ3) is 3.00. The van der Waals surface area contributed by atoms with E-state index < -0.39 is 30.3 Å². The second kappa shape index (κ2) is 7.09. The lowest BCUT2D eigenvalue weighted by atomic mass is 9.74. The maximum Gasteiger partial charge on any atom is 0.329 e. The normalized spacial score (nSPS) is 22.2. The number of primary amides is 1. The van der Waals surface area contributed by atoms with Gasteiger partial charge in [0.15, 0.2) is 11.2 Å². The van der Waals surface area contributed by atoms with Crippen molar-refractivity contribution >= 4 is 39.7 Å². The molecule has 4 aromatic heterocycles. The molecule has 172 valence electrons. The van der Waals surface area contributed by atoms with Crippen LogP contribution in [0.3, 0.4) is 0 Å². The number of amides is 1. The number of nitrogens with zero attached hydrogens (tertiary/aromatic N) is 7. The fraction of sp³-hybridized carbons (Fsp3) is 0.429. The zero-order valence-electron chi connectivity index (χ0n) is 21.2. The SMILES string of the molecule is [2H]C([2H])([2H])n1c(=O)n(C(C)C)c2cc(Nc3cc(C)c4nnn(C5(C(N)=O)CC(F)C5)c4n3)ncc21. The number of hydrogen-bond donors (Lipinski definition) is 2. The summed E-state index contributed by atoms with van der Waals surface area (Å²) in [5.74, 6) is -0.0691. The fourth-order valence-corrected chi connectivity index (χ4v) is 4.37. The van der Waals surface area contributed by atoms with E-state index >= 15 is 0 Å². The standard InChI is InChI=1S/C21H24FN9O2/c1-10(2)30-13-6-15(24-9-14(13)29(4)20(30)33)25-16-5-11(3)17-18(26-16)31(28-27-17)21(19(23)32)7-12(22)8-21/h5-6,9-10,12H,7-8H2,1-4H3,(H2,23,32)(H,24,25,26)/i4D3. The Bertz CT molecular complexity index is 1580. The number of nitrogens with one attached hydrogen (secondary N) is 1. The molecule has 1 aliphatic rings. The lowest BCUT2D eigenvalue weighted by Crippen LogP contribution is -2.57. The molecule has 0 aromatic carbocycles. The average molecular weight is 457 g/mol. The molecule has 0 aliphatic heterocycles. The Hall–Kier alpha value is -3.83. The second-order valence-corrected chi connectivity index (χ2v) is 8.66. The van der Waals surface area contributed by atoms with Crippen molar-refractivity contribution in [1.82, 2.24) is 34.1 Å². The molecule has 1 amide bonds. The van der Waals surface area contributed by atoms with Crippen molar-refractivity contribution in [1.29, 1.82) is 0 Å². The van der Waals surface area contributed by atoms with Crippen molar-refractivity contribution in [2.45, 2.75) is 51.4 Å². The van der Waals surface area contributed by atoms with Crippen LogP contribution in [0, 0.1) is 6.92 Å². The molecule has 0 radical (unpaired) electrons.